The average Bonchev–Trinajstić information content (AvgIpc) is 3.02. The van der Waals surface area contributed by atoms with Gasteiger partial charge in [0.05, 0.1) is 19.8 Å². The Kier molecular flexibility index (Phi) is 5.65. The molecule has 1 saturated carbocycles. The van der Waals surface area contributed by atoms with E-state index in [2.05, 4.69) is 18.2 Å². The molecule has 1 aliphatic heterocycles. The normalized spacial score (nSPS) is 31.6. The highest BCUT2D eigenvalue weighted by molar-refractivity contribution is 5.36. The molecule has 1 saturated heterocycles. The van der Waals surface area contributed by atoms with Crippen LogP contribution in [0.2, 0.25) is 0 Å². The van der Waals surface area contributed by atoms with Crippen LogP contribution in [-0.4, -0.2) is 43.2 Å². The Balaban J connectivity index is 1.28. The minimum absolute atomic E-state index is 0.105. The monoisotopic (exact) mass is 359 g/mol. The molecule has 144 valence electrons. The first-order valence-corrected chi connectivity index (χ1v) is 10.4. The zero-order valence-electron chi connectivity index (χ0n) is 15.8. The van der Waals surface area contributed by atoms with E-state index in [1.165, 1.54) is 36.8 Å². The third kappa shape index (κ3) is 4.14. The highest BCUT2D eigenvalue weighted by Gasteiger charge is 2.36. The molecule has 3 atom stereocenters. The molecular formula is C22H33NO3. The molecule has 0 spiro atoms. The van der Waals surface area contributed by atoms with Crippen LogP contribution in [0, 0.1) is 5.92 Å². The Morgan fingerprint density at radius 3 is 2.85 bits per heavy atom. The standard InChI is InChI=1S/C22H33NO3/c23-22(15-24)8-7-20(12-22)19-6-5-17-10-16(3-4-18(17)11-19)2-1-9-26-21-13-25-14-21/h5-6,11,16,20-21,24H,1-4,7-10,12-15,23H2/t16-,20-,22-/m0/s1. The van der Waals surface area contributed by atoms with Crippen molar-refractivity contribution in [2.24, 2.45) is 11.7 Å². The molecule has 1 aromatic carbocycles. The number of aryl methyl sites for hydroxylation is 1. The zero-order valence-corrected chi connectivity index (χ0v) is 15.8. The van der Waals surface area contributed by atoms with Crippen molar-refractivity contribution in [1.29, 1.82) is 0 Å². The van der Waals surface area contributed by atoms with Crippen LogP contribution in [0.15, 0.2) is 18.2 Å². The number of fused-ring (bicyclic) bond motifs is 1. The molecule has 0 bridgehead atoms. The SMILES string of the molecule is N[C@@]1(CO)CC[C@H](c2ccc3c(c2)CC[C@H](CCCOC2COC2)C3)C1. The van der Waals surface area contributed by atoms with Crippen LogP contribution >= 0.6 is 0 Å². The Morgan fingerprint density at radius 1 is 1.23 bits per heavy atom. The number of nitrogens with two attached hydrogens (primary N) is 1. The number of rotatable bonds is 7. The number of aliphatic hydroxyl groups excluding tert-OH is 1. The van der Waals surface area contributed by atoms with Crippen LogP contribution in [0.5, 0.6) is 0 Å². The molecule has 4 nitrogen and oxygen atoms in total. The van der Waals surface area contributed by atoms with Crippen molar-refractivity contribution in [2.75, 3.05) is 26.4 Å². The van der Waals surface area contributed by atoms with Crippen molar-refractivity contribution >= 4 is 0 Å². The van der Waals surface area contributed by atoms with Gasteiger partial charge >= 0.3 is 0 Å². The quantitative estimate of drug-likeness (QED) is 0.735. The minimum Gasteiger partial charge on any atom is -0.394 e. The summed E-state index contributed by atoms with van der Waals surface area (Å²) in [6.07, 6.45) is 9.44. The molecule has 0 unspecified atom stereocenters. The summed E-state index contributed by atoms with van der Waals surface area (Å²) in [5, 5.41) is 9.51. The van der Waals surface area contributed by atoms with Crippen LogP contribution in [-0.2, 0) is 22.3 Å². The van der Waals surface area contributed by atoms with Gasteiger partial charge in [-0.15, -0.1) is 0 Å². The van der Waals surface area contributed by atoms with Gasteiger partial charge in [0.15, 0.2) is 0 Å². The summed E-state index contributed by atoms with van der Waals surface area (Å²) in [6.45, 7) is 2.55. The van der Waals surface area contributed by atoms with E-state index < -0.39 is 0 Å². The number of ether oxygens (including phenoxy) is 2. The molecule has 0 radical (unpaired) electrons. The summed E-state index contributed by atoms with van der Waals surface area (Å²) >= 11 is 0. The van der Waals surface area contributed by atoms with Crippen LogP contribution in [0.1, 0.15) is 61.1 Å². The van der Waals surface area contributed by atoms with E-state index in [0.717, 1.165) is 51.4 Å². The fourth-order valence-electron chi connectivity index (χ4n) is 4.87. The lowest BCUT2D eigenvalue weighted by molar-refractivity contribution is -0.130. The number of benzene rings is 1. The smallest absolute Gasteiger partial charge is 0.104 e. The molecule has 2 fully saturated rings. The molecule has 0 aromatic heterocycles. The lowest BCUT2D eigenvalue weighted by Crippen LogP contribution is -2.40. The van der Waals surface area contributed by atoms with E-state index >= 15 is 0 Å². The molecule has 3 N–H and O–H groups in total. The van der Waals surface area contributed by atoms with Crippen LogP contribution in [0.4, 0.5) is 0 Å². The molecule has 0 amide bonds. The van der Waals surface area contributed by atoms with E-state index in [9.17, 15) is 5.11 Å². The second kappa shape index (κ2) is 7.97. The molecule has 3 aliphatic rings. The lowest BCUT2D eigenvalue weighted by Gasteiger charge is -2.28. The van der Waals surface area contributed by atoms with Crippen LogP contribution in [0.25, 0.3) is 0 Å². The Morgan fingerprint density at radius 2 is 2.12 bits per heavy atom. The van der Waals surface area contributed by atoms with E-state index in [-0.39, 0.29) is 12.1 Å². The van der Waals surface area contributed by atoms with Crippen molar-refractivity contribution in [1.82, 2.24) is 0 Å². The first-order chi connectivity index (χ1) is 12.6. The second-order valence-corrected chi connectivity index (χ2v) is 8.77. The van der Waals surface area contributed by atoms with Crippen molar-refractivity contribution in [3.05, 3.63) is 34.9 Å². The van der Waals surface area contributed by atoms with E-state index in [0.29, 0.717) is 12.0 Å². The van der Waals surface area contributed by atoms with Crippen LogP contribution < -0.4 is 5.73 Å². The van der Waals surface area contributed by atoms with Gasteiger partial charge in [0, 0.05) is 12.1 Å². The molecule has 2 aliphatic carbocycles. The van der Waals surface area contributed by atoms with Gasteiger partial charge in [-0.3, -0.25) is 0 Å². The summed E-state index contributed by atoms with van der Waals surface area (Å²) in [5.41, 5.74) is 10.4. The maximum atomic E-state index is 9.51. The third-order valence-electron chi connectivity index (χ3n) is 6.71. The first-order valence-electron chi connectivity index (χ1n) is 10.4. The summed E-state index contributed by atoms with van der Waals surface area (Å²) in [7, 11) is 0. The molecular weight excluding hydrogens is 326 g/mol. The van der Waals surface area contributed by atoms with Gasteiger partial charge in [-0.05, 0) is 79.9 Å². The number of hydrogen-bond acceptors (Lipinski definition) is 4. The highest BCUT2D eigenvalue weighted by atomic mass is 16.6. The molecule has 4 heteroatoms. The third-order valence-corrected chi connectivity index (χ3v) is 6.71. The molecule has 1 heterocycles. The molecule has 26 heavy (non-hydrogen) atoms. The van der Waals surface area contributed by atoms with Gasteiger partial charge in [-0.2, -0.15) is 0 Å². The summed E-state index contributed by atoms with van der Waals surface area (Å²) < 4.78 is 10.9. The second-order valence-electron chi connectivity index (χ2n) is 8.77. The van der Waals surface area contributed by atoms with Gasteiger partial charge in [-0.25, -0.2) is 0 Å². The van der Waals surface area contributed by atoms with E-state index in [1.54, 1.807) is 5.56 Å². The summed E-state index contributed by atoms with van der Waals surface area (Å²) in [4.78, 5) is 0. The van der Waals surface area contributed by atoms with Crippen molar-refractivity contribution < 1.29 is 14.6 Å². The zero-order chi connectivity index (χ0) is 18.0. The summed E-state index contributed by atoms with van der Waals surface area (Å²) in [5.74, 6) is 1.31. The van der Waals surface area contributed by atoms with Gasteiger partial charge in [0.1, 0.15) is 6.10 Å². The maximum absolute atomic E-state index is 9.51. The minimum atomic E-state index is -0.362. The van der Waals surface area contributed by atoms with Gasteiger partial charge in [0.25, 0.3) is 0 Å². The fraction of sp³-hybridized carbons (Fsp3) is 0.727. The predicted octanol–water partition coefficient (Wildman–Crippen LogP) is 2.94. The van der Waals surface area contributed by atoms with Gasteiger partial charge < -0.3 is 20.3 Å². The number of hydrogen-bond donors (Lipinski definition) is 2. The van der Waals surface area contributed by atoms with E-state index in [4.69, 9.17) is 15.2 Å². The lowest BCUT2D eigenvalue weighted by atomic mass is 9.80. The Hall–Kier alpha value is -0.940. The van der Waals surface area contributed by atoms with Crippen molar-refractivity contribution in [3.63, 3.8) is 0 Å². The van der Waals surface area contributed by atoms with Gasteiger partial charge in [0.2, 0.25) is 0 Å². The Labute approximate surface area is 157 Å². The molecule has 1 aromatic rings. The van der Waals surface area contributed by atoms with Gasteiger partial charge in [-0.1, -0.05) is 18.2 Å². The topological polar surface area (TPSA) is 64.7 Å². The fourth-order valence-corrected chi connectivity index (χ4v) is 4.87. The highest BCUT2D eigenvalue weighted by Crippen LogP contribution is 2.40. The van der Waals surface area contributed by atoms with Crippen molar-refractivity contribution in [2.45, 2.75) is 68.9 Å². The largest absolute Gasteiger partial charge is 0.394 e. The average molecular weight is 360 g/mol. The van der Waals surface area contributed by atoms with Crippen molar-refractivity contribution in [3.8, 4) is 0 Å². The van der Waals surface area contributed by atoms with Crippen LogP contribution in [0.3, 0.4) is 0 Å². The van der Waals surface area contributed by atoms with E-state index in [1.807, 2.05) is 0 Å². The number of aliphatic hydroxyl groups is 1. The maximum Gasteiger partial charge on any atom is 0.104 e. The Bertz CT molecular complexity index is 615. The first kappa shape index (κ1) is 18.4. The predicted molar refractivity (Wildman–Crippen MR) is 102 cm³/mol. The molecule has 4 rings (SSSR count). The summed E-state index contributed by atoms with van der Waals surface area (Å²) in [6, 6.07) is 7.10.